The number of hydrogen-bond acceptors (Lipinski definition) is 6. The third kappa shape index (κ3) is 3.37. The summed E-state index contributed by atoms with van der Waals surface area (Å²) in [7, 11) is -0.452. The summed E-state index contributed by atoms with van der Waals surface area (Å²) in [5.41, 5.74) is -0.0672. The Morgan fingerprint density at radius 2 is 1.86 bits per heavy atom. The van der Waals surface area contributed by atoms with Crippen molar-refractivity contribution in [2.24, 2.45) is 0 Å². The van der Waals surface area contributed by atoms with Crippen LogP contribution in [-0.2, 0) is 19.6 Å². The van der Waals surface area contributed by atoms with Gasteiger partial charge in [-0.1, -0.05) is 0 Å². The number of methoxy groups -OCH3 is 2. The molecule has 1 aromatic rings. The first-order valence-corrected chi connectivity index (χ1v) is 7.58. The second-order valence-electron chi connectivity index (χ2n) is 4.39. The van der Waals surface area contributed by atoms with Crippen LogP contribution in [0.1, 0.15) is 17.3 Å². The van der Waals surface area contributed by atoms with Crippen LogP contribution in [0.2, 0.25) is 0 Å². The number of carboxylic acid groups (broad SMARTS) is 1. The van der Waals surface area contributed by atoms with Crippen LogP contribution >= 0.6 is 0 Å². The Balaban J connectivity index is 3.37. The molecule has 0 aromatic heterocycles. The number of esters is 1. The SMILES string of the molecule is COC(=O)c1cc(S(=O)(=O)N(C)C(C)C(=O)O)ccc1OC. The fourth-order valence-electron chi connectivity index (χ4n) is 1.65. The van der Waals surface area contributed by atoms with Crippen LogP contribution in [0.4, 0.5) is 0 Å². The van der Waals surface area contributed by atoms with E-state index in [4.69, 9.17) is 9.84 Å². The molecule has 9 heteroatoms. The summed E-state index contributed by atoms with van der Waals surface area (Å²) in [5.74, 6) is -1.89. The molecule has 0 bridgehead atoms. The number of ether oxygens (including phenoxy) is 2. The third-order valence-corrected chi connectivity index (χ3v) is 5.08. The standard InChI is InChI=1S/C13H17NO7S/c1-8(12(15)16)14(2)22(18,19)9-5-6-11(20-3)10(7-9)13(17)21-4/h5-8H,1-4H3,(H,15,16). The van der Waals surface area contributed by atoms with E-state index in [0.29, 0.717) is 4.31 Å². The monoisotopic (exact) mass is 331 g/mol. The minimum atomic E-state index is -4.08. The van der Waals surface area contributed by atoms with E-state index < -0.39 is 28.0 Å². The lowest BCUT2D eigenvalue weighted by Gasteiger charge is -2.21. The Hall–Kier alpha value is -2.13. The van der Waals surface area contributed by atoms with E-state index >= 15 is 0 Å². The van der Waals surface area contributed by atoms with Crippen LogP contribution in [0.25, 0.3) is 0 Å². The highest BCUT2D eigenvalue weighted by molar-refractivity contribution is 7.89. The smallest absolute Gasteiger partial charge is 0.341 e. The molecule has 8 nitrogen and oxygen atoms in total. The zero-order chi connectivity index (χ0) is 17.1. The largest absolute Gasteiger partial charge is 0.496 e. The molecule has 1 aromatic carbocycles. The van der Waals surface area contributed by atoms with Crippen LogP contribution in [0.5, 0.6) is 5.75 Å². The van der Waals surface area contributed by atoms with Gasteiger partial charge >= 0.3 is 11.9 Å². The van der Waals surface area contributed by atoms with Gasteiger partial charge in [0.2, 0.25) is 10.0 Å². The van der Waals surface area contributed by atoms with E-state index in [1.165, 1.54) is 26.2 Å². The van der Waals surface area contributed by atoms with Crippen molar-refractivity contribution in [3.63, 3.8) is 0 Å². The van der Waals surface area contributed by atoms with Gasteiger partial charge in [-0.15, -0.1) is 0 Å². The highest BCUT2D eigenvalue weighted by atomic mass is 32.2. The summed E-state index contributed by atoms with van der Waals surface area (Å²) in [6.45, 7) is 1.24. The quantitative estimate of drug-likeness (QED) is 0.759. The molecule has 0 saturated heterocycles. The van der Waals surface area contributed by atoms with Gasteiger partial charge in [0, 0.05) is 7.05 Å². The molecule has 1 N–H and O–H groups in total. The Morgan fingerprint density at radius 1 is 1.27 bits per heavy atom. The maximum atomic E-state index is 12.4. The Kier molecular flexibility index (Phi) is 5.50. The fourth-order valence-corrected chi connectivity index (χ4v) is 2.99. The predicted molar refractivity (Wildman–Crippen MR) is 76.4 cm³/mol. The summed E-state index contributed by atoms with van der Waals surface area (Å²) < 4.78 is 35.1. The lowest BCUT2D eigenvalue weighted by atomic mass is 10.2. The van der Waals surface area contributed by atoms with Gasteiger partial charge in [-0.25, -0.2) is 13.2 Å². The average molecular weight is 331 g/mol. The van der Waals surface area contributed by atoms with E-state index in [-0.39, 0.29) is 16.2 Å². The van der Waals surface area contributed by atoms with Crippen LogP contribution in [0.3, 0.4) is 0 Å². The molecule has 0 amide bonds. The number of nitrogens with zero attached hydrogens (tertiary/aromatic N) is 1. The molecule has 0 saturated carbocycles. The first-order valence-electron chi connectivity index (χ1n) is 6.14. The van der Waals surface area contributed by atoms with E-state index in [1.54, 1.807) is 0 Å². The van der Waals surface area contributed by atoms with Gasteiger partial charge < -0.3 is 14.6 Å². The summed E-state index contributed by atoms with van der Waals surface area (Å²) in [5, 5.41) is 8.93. The topological polar surface area (TPSA) is 110 Å². The molecule has 0 aliphatic rings. The minimum absolute atomic E-state index is 0.0672. The van der Waals surface area contributed by atoms with Gasteiger partial charge in [0.1, 0.15) is 17.4 Å². The second-order valence-corrected chi connectivity index (χ2v) is 6.39. The van der Waals surface area contributed by atoms with Crippen LogP contribution in [0.15, 0.2) is 23.1 Å². The van der Waals surface area contributed by atoms with Crippen molar-refractivity contribution in [3.05, 3.63) is 23.8 Å². The average Bonchev–Trinajstić information content (AvgIpc) is 2.51. The van der Waals surface area contributed by atoms with Crippen molar-refractivity contribution in [2.75, 3.05) is 21.3 Å². The molecule has 1 unspecified atom stereocenters. The third-order valence-electron chi connectivity index (χ3n) is 3.16. The van der Waals surface area contributed by atoms with Gasteiger partial charge in [0.25, 0.3) is 0 Å². The molecule has 1 rings (SSSR count). The van der Waals surface area contributed by atoms with E-state index in [1.807, 2.05) is 0 Å². The van der Waals surface area contributed by atoms with Crippen LogP contribution in [0, 0.1) is 0 Å². The predicted octanol–water partition coefficient (Wildman–Crippen LogP) is 0.575. The zero-order valence-corrected chi connectivity index (χ0v) is 13.4. The van der Waals surface area contributed by atoms with Gasteiger partial charge in [-0.3, -0.25) is 4.79 Å². The zero-order valence-electron chi connectivity index (χ0n) is 12.6. The number of hydrogen-bond donors (Lipinski definition) is 1. The lowest BCUT2D eigenvalue weighted by molar-refractivity contribution is -0.140. The fraction of sp³-hybridized carbons (Fsp3) is 0.385. The maximum Gasteiger partial charge on any atom is 0.341 e. The number of likely N-dealkylation sites (N-methyl/N-ethyl adjacent to an activating group) is 1. The van der Waals surface area contributed by atoms with Gasteiger partial charge in [-0.05, 0) is 25.1 Å². The first kappa shape index (κ1) is 17.9. The van der Waals surface area contributed by atoms with Gasteiger partial charge in [0.05, 0.1) is 19.1 Å². The van der Waals surface area contributed by atoms with Crippen molar-refractivity contribution in [1.82, 2.24) is 4.31 Å². The van der Waals surface area contributed by atoms with Crippen molar-refractivity contribution >= 4 is 22.0 Å². The highest BCUT2D eigenvalue weighted by Gasteiger charge is 2.30. The van der Waals surface area contributed by atoms with Gasteiger partial charge in [-0.2, -0.15) is 4.31 Å². The summed E-state index contributed by atoms with van der Waals surface area (Å²) in [4.78, 5) is 22.4. The van der Waals surface area contributed by atoms with Crippen molar-refractivity contribution < 1.29 is 32.6 Å². The molecular formula is C13H17NO7S. The van der Waals surface area contributed by atoms with Crippen molar-refractivity contribution in [1.29, 1.82) is 0 Å². The molecule has 0 heterocycles. The van der Waals surface area contributed by atoms with Gasteiger partial charge in [0.15, 0.2) is 0 Å². The van der Waals surface area contributed by atoms with E-state index in [0.717, 1.165) is 20.2 Å². The number of rotatable bonds is 6. The Labute approximate surface area is 128 Å². The highest BCUT2D eigenvalue weighted by Crippen LogP contribution is 2.25. The summed E-state index contributed by atoms with van der Waals surface area (Å²) in [6, 6.07) is 2.36. The lowest BCUT2D eigenvalue weighted by Crippen LogP contribution is -2.40. The number of carbonyl (C=O) groups excluding carboxylic acids is 1. The number of sulfonamides is 1. The molecule has 0 fully saturated rings. The number of benzene rings is 1. The normalized spacial score (nSPS) is 12.8. The van der Waals surface area contributed by atoms with Crippen molar-refractivity contribution in [3.8, 4) is 5.75 Å². The first-order chi connectivity index (χ1) is 10.2. The Morgan fingerprint density at radius 3 is 2.32 bits per heavy atom. The second kappa shape index (κ2) is 6.75. The number of carbonyl (C=O) groups is 2. The molecule has 0 aliphatic carbocycles. The summed E-state index contributed by atoms with van der Waals surface area (Å²) >= 11 is 0. The number of aliphatic carboxylic acids is 1. The molecule has 1 atom stereocenters. The number of carboxylic acids is 1. The maximum absolute atomic E-state index is 12.4. The summed E-state index contributed by atoms with van der Waals surface area (Å²) in [6.07, 6.45) is 0. The Bertz CT molecular complexity index is 684. The molecule has 0 spiro atoms. The van der Waals surface area contributed by atoms with Crippen LogP contribution in [-0.4, -0.2) is 57.1 Å². The molecule has 0 radical (unpaired) electrons. The van der Waals surface area contributed by atoms with E-state index in [9.17, 15) is 18.0 Å². The molecule has 122 valence electrons. The molecular weight excluding hydrogens is 314 g/mol. The molecule has 0 aliphatic heterocycles. The van der Waals surface area contributed by atoms with Crippen molar-refractivity contribution in [2.45, 2.75) is 17.9 Å². The van der Waals surface area contributed by atoms with E-state index in [2.05, 4.69) is 4.74 Å². The molecule has 22 heavy (non-hydrogen) atoms. The van der Waals surface area contributed by atoms with Crippen LogP contribution < -0.4 is 4.74 Å². The minimum Gasteiger partial charge on any atom is -0.496 e.